The Bertz CT molecular complexity index is 1420. The lowest BCUT2D eigenvalue weighted by molar-refractivity contribution is 0.102. The van der Waals surface area contributed by atoms with Gasteiger partial charge in [0, 0.05) is 29.8 Å². The van der Waals surface area contributed by atoms with Gasteiger partial charge in [-0.25, -0.2) is 18.6 Å². The third-order valence-electron chi connectivity index (χ3n) is 5.61. The molecule has 10 nitrogen and oxygen atoms in total. The zero-order chi connectivity index (χ0) is 25.9. The Morgan fingerprint density at radius 1 is 1.24 bits per heavy atom. The number of alkyl halides is 2. The van der Waals surface area contributed by atoms with Crippen molar-refractivity contribution in [2.75, 3.05) is 30.5 Å². The number of carbonyl (C=O) groups excluding carboxylic acids is 2. The number of halogens is 2. The first-order chi connectivity index (χ1) is 17.9. The average molecular weight is 527 g/mol. The molecule has 2 amide bonds. The summed E-state index contributed by atoms with van der Waals surface area (Å²) >= 11 is 1.12. The van der Waals surface area contributed by atoms with Crippen LogP contribution >= 0.6 is 11.3 Å². The summed E-state index contributed by atoms with van der Waals surface area (Å²) in [6.07, 6.45) is 1.70. The molecule has 3 aromatic rings. The van der Waals surface area contributed by atoms with Gasteiger partial charge in [0.1, 0.15) is 17.3 Å². The lowest BCUT2D eigenvalue weighted by Crippen LogP contribution is -2.38. The topological polar surface area (TPSA) is 119 Å². The molecule has 2 aliphatic rings. The molecule has 1 N–H and O–H groups in total. The van der Waals surface area contributed by atoms with Gasteiger partial charge in [0.25, 0.3) is 12.3 Å². The number of hydrogen-bond donors (Lipinski definition) is 1. The number of aromatic nitrogens is 4. The van der Waals surface area contributed by atoms with E-state index in [0.717, 1.165) is 36.4 Å². The number of methoxy groups -OCH3 is 1. The predicted molar refractivity (Wildman–Crippen MR) is 130 cm³/mol. The molecule has 0 unspecified atom stereocenters. The van der Waals surface area contributed by atoms with Gasteiger partial charge < -0.3 is 9.47 Å². The fourth-order valence-corrected chi connectivity index (χ4v) is 4.19. The average Bonchev–Trinajstić information content (AvgIpc) is 3.64. The third-order valence-corrected chi connectivity index (χ3v) is 6.37. The second-order valence-electron chi connectivity index (χ2n) is 8.23. The Balaban J connectivity index is 1.53. The Morgan fingerprint density at radius 2 is 2.08 bits per heavy atom. The largest absolute Gasteiger partial charge is 0.494 e. The van der Waals surface area contributed by atoms with Crippen molar-refractivity contribution in [2.24, 2.45) is 5.92 Å². The maximum absolute atomic E-state index is 13.5. The van der Waals surface area contributed by atoms with E-state index in [-0.39, 0.29) is 40.0 Å². The van der Waals surface area contributed by atoms with Crippen LogP contribution in [-0.4, -0.2) is 52.4 Å². The smallest absolute Gasteiger partial charge is 0.415 e. The third kappa shape index (κ3) is 5.49. The van der Waals surface area contributed by atoms with Crippen LogP contribution in [-0.2, 0) is 4.74 Å². The van der Waals surface area contributed by atoms with Crippen molar-refractivity contribution in [3.05, 3.63) is 40.8 Å². The van der Waals surface area contributed by atoms with E-state index in [1.807, 2.05) is 0 Å². The number of cyclic esters (lactones) is 1. The first kappa shape index (κ1) is 24.5. The number of carbonyl (C=O) groups is 2. The molecule has 4 heterocycles. The lowest BCUT2D eigenvalue weighted by Gasteiger charge is -2.26. The van der Waals surface area contributed by atoms with Crippen molar-refractivity contribution in [2.45, 2.75) is 25.7 Å². The summed E-state index contributed by atoms with van der Waals surface area (Å²) in [6, 6.07) is 2.60. The summed E-state index contributed by atoms with van der Waals surface area (Å²) in [5, 5.41) is 11.3. The van der Waals surface area contributed by atoms with E-state index in [1.54, 1.807) is 0 Å². The molecule has 0 radical (unpaired) electrons. The maximum atomic E-state index is 13.5. The lowest BCUT2D eigenvalue weighted by atomic mass is 10.00. The molecule has 0 atom stereocenters. The highest BCUT2D eigenvalue weighted by atomic mass is 32.1. The number of ether oxygens (including phenoxy) is 2. The van der Waals surface area contributed by atoms with E-state index >= 15 is 0 Å². The van der Waals surface area contributed by atoms with E-state index < -0.39 is 24.1 Å². The van der Waals surface area contributed by atoms with Crippen LogP contribution in [0.15, 0.2) is 24.5 Å². The number of nitrogens with one attached hydrogen (secondary N) is 1. The highest BCUT2D eigenvalue weighted by Crippen LogP contribution is 2.36. The molecular formula is C24H20F2N6O4S. The molecule has 0 spiro atoms. The highest BCUT2D eigenvalue weighted by molar-refractivity contribution is 7.15. The van der Waals surface area contributed by atoms with Crippen LogP contribution in [0.25, 0.3) is 11.1 Å². The van der Waals surface area contributed by atoms with Crippen molar-refractivity contribution in [1.82, 2.24) is 20.2 Å². The molecule has 37 heavy (non-hydrogen) atoms. The monoisotopic (exact) mass is 526 g/mol. The number of amides is 2. The Morgan fingerprint density at radius 3 is 2.81 bits per heavy atom. The molecule has 2 fully saturated rings. The van der Waals surface area contributed by atoms with Gasteiger partial charge >= 0.3 is 6.09 Å². The molecule has 1 aliphatic carbocycles. The van der Waals surface area contributed by atoms with Crippen LogP contribution in [0.1, 0.15) is 46.7 Å². The molecule has 13 heteroatoms. The van der Waals surface area contributed by atoms with Gasteiger partial charge in [0.2, 0.25) is 5.13 Å². The molecule has 0 bridgehead atoms. The van der Waals surface area contributed by atoms with Crippen LogP contribution in [0.3, 0.4) is 0 Å². The van der Waals surface area contributed by atoms with Crippen LogP contribution < -0.4 is 15.0 Å². The second-order valence-corrected chi connectivity index (χ2v) is 9.21. The van der Waals surface area contributed by atoms with Crippen molar-refractivity contribution in [3.63, 3.8) is 0 Å². The van der Waals surface area contributed by atoms with E-state index in [1.165, 1.54) is 24.3 Å². The van der Waals surface area contributed by atoms with Crippen molar-refractivity contribution in [1.29, 1.82) is 0 Å². The number of anilines is 2. The number of pyridine rings is 2. The molecule has 1 saturated carbocycles. The van der Waals surface area contributed by atoms with Gasteiger partial charge in [-0.1, -0.05) is 17.3 Å². The minimum absolute atomic E-state index is 0.0413. The van der Waals surface area contributed by atoms with Crippen LogP contribution in [0, 0.1) is 17.8 Å². The maximum Gasteiger partial charge on any atom is 0.415 e. The Kier molecular flexibility index (Phi) is 6.91. The molecule has 1 aliphatic heterocycles. The van der Waals surface area contributed by atoms with Gasteiger partial charge in [-0.05, 0) is 37.3 Å². The predicted octanol–water partition coefficient (Wildman–Crippen LogP) is 4.30. The van der Waals surface area contributed by atoms with Crippen molar-refractivity contribution in [3.8, 4) is 28.7 Å². The summed E-state index contributed by atoms with van der Waals surface area (Å²) in [4.78, 5) is 34.9. The summed E-state index contributed by atoms with van der Waals surface area (Å²) in [7, 11) is 1.36. The van der Waals surface area contributed by atoms with Crippen LogP contribution in [0.5, 0.6) is 5.75 Å². The number of hydrogen-bond acceptors (Lipinski definition) is 9. The summed E-state index contributed by atoms with van der Waals surface area (Å²) < 4.78 is 37.4. The molecule has 5 rings (SSSR count). The molecule has 0 aromatic carbocycles. The molecule has 3 aromatic heterocycles. The molecule has 1 saturated heterocycles. The second kappa shape index (κ2) is 10.4. The summed E-state index contributed by atoms with van der Waals surface area (Å²) in [6.45, 7) is 0.634. The van der Waals surface area contributed by atoms with Crippen molar-refractivity contribution >= 4 is 34.3 Å². The van der Waals surface area contributed by atoms with Gasteiger partial charge in [0.05, 0.1) is 25.5 Å². The van der Waals surface area contributed by atoms with Gasteiger partial charge in [-0.3, -0.25) is 20.0 Å². The van der Waals surface area contributed by atoms with E-state index in [4.69, 9.17) is 9.47 Å². The highest BCUT2D eigenvalue weighted by Gasteiger charge is 2.26. The minimum atomic E-state index is -2.85. The minimum Gasteiger partial charge on any atom is -0.494 e. The standard InChI is InChI=1S/C24H20F2N6O4S/c1-35-18-12-27-17(21(25)26)9-15(18)14-10-19(32-7-2-8-36-24(32)34)28-11-16(14)22(33)29-23-31-30-20(37-23)6-5-13-3-4-13/h9-13,21H,2-4,7-8H2,1H3,(H,29,31,33). The zero-order valence-electron chi connectivity index (χ0n) is 19.5. The fourth-order valence-electron chi connectivity index (χ4n) is 3.59. The van der Waals surface area contributed by atoms with E-state index in [0.29, 0.717) is 23.9 Å². The first-order valence-corrected chi connectivity index (χ1v) is 12.2. The summed E-state index contributed by atoms with van der Waals surface area (Å²) in [5.74, 6) is 6.16. The molecule has 190 valence electrons. The number of rotatable bonds is 6. The van der Waals surface area contributed by atoms with E-state index in [2.05, 4.69) is 37.3 Å². The molecular weight excluding hydrogens is 506 g/mol. The van der Waals surface area contributed by atoms with Crippen LogP contribution in [0.2, 0.25) is 0 Å². The van der Waals surface area contributed by atoms with Gasteiger partial charge in [-0.2, -0.15) is 0 Å². The Labute approximate surface area is 214 Å². The fraction of sp³-hybridized carbons (Fsp3) is 0.333. The quantitative estimate of drug-likeness (QED) is 0.472. The van der Waals surface area contributed by atoms with E-state index in [9.17, 15) is 18.4 Å². The normalized spacial score (nSPS) is 15.1. The SMILES string of the molecule is COc1cnc(C(F)F)cc1-c1cc(N2CCCOC2=O)ncc1C(=O)Nc1nnc(C#CC2CC2)s1. The zero-order valence-corrected chi connectivity index (χ0v) is 20.3. The Hall–Kier alpha value is -4.18. The van der Waals surface area contributed by atoms with Gasteiger partial charge in [0.15, 0.2) is 5.01 Å². The van der Waals surface area contributed by atoms with Crippen LogP contribution in [0.4, 0.5) is 24.5 Å². The first-order valence-electron chi connectivity index (χ1n) is 11.4. The number of nitrogens with zero attached hydrogens (tertiary/aromatic N) is 5. The van der Waals surface area contributed by atoms with Crippen molar-refractivity contribution < 1.29 is 27.8 Å². The summed E-state index contributed by atoms with van der Waals surface area (Å²) in [5.41, 5.74) is -0.0684. The van der Waals surface area contributed by atoms with Gasteiger partial charge in [-0.15, -0.1) is 10.2 Å².